The predicted octanol–water partition coefficient (Wildman–Crippen LogP) is 2.98. The highest BCUT2D eigenvalue weighted by molar-refractivity contribution is 7.98. The van der Waals surface area contributed by atoms with E-state index in [4.69, 9.17) is 4.52 Å². The van der Waals surface area contributed by atoms with Gasteiger partial charge in [-0.3, -0.25) is 4.79 Å². The summed E-state index contributed by atoms with van der Waals surface area (Å²) in [5.74, 6) is 1.51. The van der Waals surface area contributed by atoms with Gasteiger partial charge in [0, 0.05) is 17.3 Å². The first-order chi connectivity index (χ1) is 11.1. The van der Waals surface area contributed by atoms with Gasteiger partial charge in [0.25, 0.3) is 5.56 Å². The molecule has 0 amide bonds. The number of H-pyrrole nitrogens is 1. The number of nitrogens with one attached hydrogen (secondary N) is 1. The number of aryl methyl sites for hydroxylation is 2. The Kier molecular flexibility index (Phi) is 4.57. The Morgan fingerprint density at radius 2 is 2.00 bits per heavy atom. The van der Waals surface area contributed by atoms with Gasteiger partial charge in [0.1, 0.15) is 0 Å². The summed E-state index contributed by atoms with van der Waals surface area (Å²) < 4.78 is 5.26. The molecule has 2 heterocycles. The minimum absolute atomic E-state index is 0.165. The van der Waals surface area contributed by atoms with Gasteiger partial charge in [-0.25, -0.2) is 4.98 Å². The third-order valence-corrected chi connectivity index (χ3v) is 4.13. The molecule has 1 N–H and O–H groups in total. The molecule has 3 rings (SSSR count). The number of hydrogen-bond acceptors (Lipinski definition) is 6. The van der Waals surface area contributed by atoms with Crippen LogP contribution in [0, 0.1) is 6.92 Å². The Bertz CT molecular complexity index is 855. The topological polar surface area (TPSA) is 84.7 Å². The Morgan fingerprint density at radius 3 is 2.70 bits per heavy atom. The van der Waals surface area contributed by atoms with Crippen LogP contribution in [0.5, 0.6) is 0 Å². The van der Waals surface area contributed by atoms with Crippen LogP contribution in [0.25, 0.3) is 11.4 Å². The minimum atomic E-state index is -0.165. The van der Waals surface area contributed by atoms with E-state index in [0.717, 1.165) is 12.0 Å². The van der Waals surface area contributed by atoms with Gasteiger partial charge in [-0.05, 0) is 18.9 Å². The Morgan fingerprint density at radius 1 is 1.22 bits per heavy atom. The maximum Gasteiger partial charge on any atom is 0.251 e. The molecule has 2 aromatic heterocycles. The molecule has 0 bridgehead atoms. The average Bonchev–Trinajstić information content (AvgIpc) is 3.01. The van der Waals surface area contributed by atoms with Crippen LogP contribution in [0.15, 0.2) is 44.8 Å². The lowest BCUT2D eigenvalue weighted by molar-refractivity contribution is 0.391. The lowest BCUT2D eigenvalue weighted by Crippen LogP contribution is -2.08. The van der Waals surface area contributed by atoms with Gasteiger partial charge in [-0.1, -0.05) is 48.1 Å². The molecule has 0 fully saturated rings. The van der Waals surface area contributed by atoms with Crippen LogP contribution in [0.2, 0.25) is 0 Å². The van der Waals surface area contributed by atoms with Crippen molar-refractivity contribution in [2.45, 2.75) is 31.2 Å². The van der Waals surface area contributed by atoms with E-state index in [9.17, 15) is 4.79 Å². The van der Waals surface area contributed by atoms with Gasteiger partial charge in [0.2, 0.25) is 11.7 Å². The zero-order valence-corrected chi connectivity index (χ0v) is 13.7. The highest BCUT2D eigenvalue weighted by Crippen LogP contribution is 2.21. The van der Waals surface area contributed by atoms with Gasteiger partial charge in [-0.2, -0.15) is 4.98 Å². The molecule has 3 aromatic rings. The molecule has 0 saturated heterocycles. The van der Waals surface area contributed by atoms with E-state index in [-0.39, 0.29) is 5.56 Å². The first-order valence-corrected chi connectivity index (χ1v) is 8.25. The van der Waals surface area contributed by atoms with Crippen molar-refractivity contribution in [1.82, 2.24) is 20.1 Å². The fourth-order valence-electron chi connectivity index (χ4n) is 2.07. The summed E-state index contributed by atoms with van der Waals surface area (Å²) in [7, 11) is 0. The van der Waals surface area contributed by atoms with Gasteiger partial charge in [0.05, 0.1) is 5.75 Å². The molecule has 6 nitrogen and oxygen atoms in total. The van der Waals surface area contributed by atoms with Crippen LogP contribution < -0.4 is 5.56 Å². The third-order valence-electron chi connectivity index (χ3n) is 3.27. The zero-order valence-electron chi connectivity index (χ0n) is 12.9. The zero-order chi connectivity index (χ0) is 16.2. The number of rotatable bonds is 5. The highest BCUT2D eigenvalue weighted by Gasteiger charge is 2.10. The molecule has 0 unspecified atom stereocenters. The van der Waals surface area contributed by atoms with Crippen LogP contribution in [-0.2, 0) is 12.2 Å². The second-order valence-electron chi connectivity index (χ2n) is 5.04. The molecule has 0 atom stereocenters. The standard InChI is InChI=1S/C16H16N4O2S/c1-3-11-4-6-12(7-5-11)15-19-14(22-20-15)9-23-16-17-10(2)8-13(21)18-16/h4-8H,3,9H2,1-2H3,(H,17,18,21). The van der Waals surface area contributed by atoms with Crippen molar-refractivity contribution in [1.29, 1.82) is 0 Å². The number of benzene rings is 1. The Labute approximate surface area is 137 Å². The van der Waals surface area contributed by atoms with Crippen molar-refractivity contribution in [3.63, 3.8) is 0 Å². The summed E-state index contributed by atoms with van der Waals surface area (Å²) in [6.07, 6.45) is 0.996. The largest absolute Gasteiger partial charge is 0.338 e. The summed E-state index contributed by atoms with van der Waals surface area (Å²) >= 11 is 1.35. The van der Waals surface area contributed by atoms with Crippen LogP contribution in [0.3, 0.4) is 0 Å². The minimum Gasteiger partial charge on any atom is -0.338 e. The first-order valence-electron chi connectivity index (χ1n) is 7.26. The van der Waals surface area contributed by atoms with Gasteiger partial charge >= 0.3 is 0 Å². The van der Waals surface area contributed by atoms with Crippen LogP contribution >= 0.6 is 11.8 Å². The summed E-state index contributed by atoms with van der Waals surface area (Å²) in [4.78, 5) is 22.7. The maximum absolute atomic E-state index is 11.4. The SMILES string of the molecule is CCc1ccc(-c2noc(CSc3nc(C)cc(=O)[nH]3)n2)cc1. The normalized spacial score (nSPS) is 10.9. The monoisotopic (exact) mass is 328 g/mol. The molecule has 118 valence electrons. The van der Waals surface area contributed by atoms with Crippen LogP contribution in [-0.4, -0.2) is 20.1 Å². The van der Waals surface area contributed by atoms with Gasteiger partial charge < -0.3 is 9.51 Å². The molecule has 0 aliphatic heterocycles. The van der Waals surface area contributed by atoms with Gasteiger partial charge in [0.15, 0.2) is 5.16 Å². The van der Waals surface area contributed by atoms with Crippen molar-refractivity contribution >= 4 is 11.8 Å². The molecule has 7 heteroatoms. The molecular formula is C16H16N4O2S. The predicted molar refractivity (Wildman–Crippen MR) is 88.3 cm³/mol. The van der Waals surface area contributed by atoms with Gasteiger partial charge in [-0.15, -0.1) is 0 Å². The average molecular weight is 328 g/mol. The van der Waals surface area contributed by atoms with Crippen LogP contribution in [0.1, 0.15) is 24.1 Å². The van der Waals surface area contributed by atoms with E-state index in [1.54, 1.807) is 6.92 Å². The summed E-state index contributed by atoms with van der Waals surface area (Å²) in [6, 6.07) is 9.54. The quantitative estimate of drug-likeness (QED) is 0.572. The van der Waals surface area contributed by atoms with E-state index in [2.05, 4.69) is 39.2 Å². The Balaban J connectivity index is 1.70. The summed E-state index contributed by atoms with van der Waals surface area (Å²) in [5.41, 5.74) is 2.70. The number of aromatic amines is 1. The van der Waals surface area contributed by atoms with E-state index in [1.165, 1.54) is 23.4 Å². The molecule has 0 aliphatic carbocycles. The molecule has 0 radical (unpaired) electrons. The summed E-state index contributed by atoms with van der Waals surface area (Å²) in [5, 5.41) is 4.54. The Hall–Kier alpha value is -2.41. The van der Waals surface area contributed by atoms with Crippen molar-refractivity contribution in [3.05, 3.63) is 57.8 Å². The number of nitrogens with zero attached hydrogens (tertiary/aromatic N) is 3. The molecule has 1 aromatic carbocycles. The molecule has 23 heavy (non-hydrogen) atoms. The molecule has 0 spiro atoms. The lowest BCUT2D eigenvalue weighted by atomic mass is 10.1. The van der Waals surface area contributed by atoms with E-state index < -0.39 is 0 Å². The molecular weight excluding hydrogens is 312 g/mol. The van der Waals surface area contributed by atoms with Crippen molar-refractivity contribution in [3.8, 4) is 11.4 Å². The van der Waals surface area contributed by atoms with E-state index >= 15 is 0 Å². The smallest absolute Gasteiger partial charge is 0.251 e. The van der Waals surface area contributed by atoms with E-state index in [1.807, 2.05) is 12.1 Å². The third kappa shape index (κ3) is 3.87. The highest BCUT2D eigenvalue weighted by atomic mass is 32.2. The fraction of sp³-hybridized carbons (Fsp3) is 0.250. The number of aromatic nitrogens is 4. The van der Waals surface area contributed by atoms with Crippen LogP contribution in [0.4, 0.5) is 0 Å². The van der Waals surface area contributed by atoms with E-state index in [0.29, 0.717) is 28.3 Å². The first kappa shape index (κ1) is 15.5. The second-order valence-corrected chi connectivity index (χ2v) is 6.01. The number of thioether (sulfide) groups is 1. The fourth-order valence-corrected chi connectivity index (χ4v) is 2.83. The van der Waals surface area contributed by atoms with Crippen molar-refractivity contribution in [2.24, 2.45) is 0 Å². The molecule has 0 aliphatic rings. The van der Waals surface area contributed by atoms with Crippen molar-refractivity contribution in [2.75, 3.05) is 0 Å². The number of hydrogen-bond donors (Lipinski definition) is 1. The lowest BCUT2D eigenvalue weighted by Gasteiger charge is -1.98. The summed E-state index contributed by atoms with van der Waals surface area (Å²) in [6.45, 7) is 3.90. The maximum atomic E-state index is 11.4. The molecule has 0 saturated carbocycles. The second kappa shape index (κ2) is 6.78. The van der Waals surface area contributed by atoms with Crippen molar-refractivity contribution < 1.29 is 4.52 Å².